The van der Waals surface area contributed by atoms with Crippen molar-refractivity contribution < 1.29 is 0 Å². The molecule has 1 aromatic carbocycles. The summed E-state index contributed by atoms with van der Waals surface area (Å²) < 4.78 is 0. The van der Waals surface area contributed by atoms with E-state index in [1.807, 2.05) is 30.3 Å². The van der Waals surface area contributed by atoms with Crippen molar-refractivity contribution in [1.29, 1.82) is 0 Å². The van der Waals surface area contributed by atoms with Gasteiger partial charge in [0.25, 0.3) is 0 Å². The van der Waals surface area contributed by atoms with Crippen molar-refractivity contribution >= 4 is 17.5 Å². The topological polar surface area (TPSA) is 75.6 Å². The first-order valence-corrected chi connectivity index (χ1v) is 7.91. The Hall–Kier alpha value is -3.02. The van der Waals surface area contributed by atoms with Crippen LogP contribution in [0.15, 0.2) is 54.9 Å². The third-order valence-electron chi connectivity index (χ3n) is 3.57. The number of hydrogen-bond donors (Lipinski definition) is 2. The van der Waals surface area contributed by atoms with Gasteiger partial charge in [-0.3, -0.25) is 4.98 Å². The van der Waals surface area contributed by atoms with E-state index in [-0.39, 0.29) is 0 Å². The van der Waals surface area contributed by atoms with Crippen LogP contribution in [0.2, 0.25) is 0 Å². The molecule has 0 spiro atoms. The van der Waals surface area contributed by atoms with Crippen LogP contribution in [0.1, 0.15) is 31.0 Å². The van der Waals surface area contributed by atoms with Crippen LogP contribution in [-0.2, 0) is 6.54 Å². The molecule has 0 amide bonds. The fraction of sp³-hybridized carbons (Fsp3) is 0.222. The van der Waals surface area contributed by atoms with Gasteiger partial charge < -0.3 is 10.6 Å². The molecule has 24 heavy (non-hydrogen) atoms. The second-order valence-corrected chi connectivity index (χ2v) is 5.74. The lowest BCUT2D eigenvalue weighted by Crippen LogP contribution is -2.06. The predicted octanol–water partition coefficient (Wildman–Crippen LogP) is 3.75. The standard InChI is InChI=1S/C18H20N6/c1-13(2)14-6-8-15(9-7-14)22-18-23-17(12-21-24-18)20-11-16-5-3-4-10-19-16/h3-10,12-13H,11H2,1-2H3,(H2,20,22,23,24). The smallest absolute Gasteiger partial charge is 0.249 e. The lowest BCUT2D eigenvalue weighted by molar-refractivity contribution is 0.867. The molecule has 2 aromatic heterocycles. The van der Waals surface area contributed by atoms with E-state index in [1.165, 1.54) is 5.56 Å². The highest BCUT2D eigenvalue weighted by Gasteiger charge is 2.03. The van der Waals surface area contributed by atoms with Gasteiger partial charge in [0.05, 0.1) is 18.4 Å². The average Bonchev–Trinajstić information content (AvgIpc) is 2.62. The van der Waals surface area contributed by atoms with Crippen molar-refractivity contribution in [2.75, 3.05) is 10.6 Å². The minimum absolute atomic E-state index is 0.457. The molecule has 0 atom stereocenters. The fourth-order valence-electron chi connectivity index (χ4n) is 2.21. The maximum Gasteiger partial charge on any atom is 0.249 e. The summed E-state index contributed by atoms with van der Waals surface area (Å²) in [6.45, 7) is 4.93. The Morgan fingerprint density at radius 3 is 2.58 bits per heavy atom. The normalized spacial score (nSPS) is 10.6. The van der Waals surface area contributed by atoms with E-state index in [9.17, 15) is 0 Å². The van der Waals surface area contributed by atoms with Crippen LogP contribution >= 0.6 is 0 Å². The zero-order valence-electron chi connectivity index (χ0n) is 13.8. The number of rotatable bonds is 6. The Balaban J connectivity index is 1.64. The maximum absolute atomic E-state index is 4.42. The fourth-order valence-corrected chi connectivity index (χ4v) is 2.21. The van der Waals surface area contributed by atoms with Gasteiger partial charge in [-0.2, -0.15) is 10.1 Å². The van der Waals surface area contributed by atoms with E-state index in [4.69, 9.17) is 0 Å². The van der Waals surface area contributed by atoms with Crippen molar-refractivity contribution in [2.45, 2.75) is 26.3 Å². The van der Waals surface area contributed by atoms with E-state index in [0.717, 1.165) is 11.4 Å². The number of aromatic nitrogens is 4. The first-order valence-electron chi connectivity index (χ1n) is 7.91. The van der Waals surface area contributed by atoms with Gasteiger partial charge in [-0.15, -0.1) is 5.10 Å². The SMILES string of the molecule is CC(C)c1ccc(Nc2nncc(NCc3ccccn3)n2)cc1. The van der Waals surface area contributed by atoms with Crippen molar-refractivity contribution in [1.82, 2.24) is 20.2 Å². The van der Waals surface area contributed by atoms with Gasteiger partial charge in [0.2, 0.25) is 5.95 Å². The molecule has 122 valence electrons. The molecule has 0 saturated heterocycles. The molecule has 0 radical (unpaired) electrons. The second kappa shape index (κ2) is 7.50. The van der Waals surface area contributed by atoms with Crippen molar-refractivity contribution in [3.05, 3.63) is 66.1 Å². The monoisotopic (exact) mass is 320 g/mol. The molecule has 3 aromatic rings. The summed E-state index contributed by atoms with van der Waals surface area (Å²) in [5.41, 5.74) is 3.17. The molecule has 2 N–H and O–H groups in total. The highest BCUT2D eigenvalue weighted by molar-refractivity contribution is 5.54. The molecule has 0 aliphatic heterocycles. The van der Waals surface area contributed by atoms with Crippen LogP contribution < -0.4 is 10.6 Å². The summed E-state index contributed by atoms with van der Waals surface area (Å²) in [6.07, 6.45) is 3.36. The predicted molar refractivity (Wildman–Crippen MR) is 95.2 cm³/mol. The Bertz CT molecular complexity index is 771. The Kier molecular flexibility index (Phi) is 4.96. The van der Waals surface area contributed by atoms with Gasteiger partial charge in [-0.1, -0.05) is 32.0 Å². The lowest BCUT2D eigenvalue weighted by atomic mass is 10.0. The summed E-state index contributed by atoms with van der Waals surface area (Å²) in [5, 5.41) is 14.4. The van der Waals surface area contributed by atoms with Gasteiger partial charge in [0.1, 0.15) is 0 Å². The van der Waals surface area contributed by atoms with Crippen molar-refractivity contribution in [2.24, 2.45) is 0 Å². The molecular formula is C18H20N6. The van der Waals surface area contributed by atoms with E-state index >= 15 is 0 Å². The summed E-state index contributed by atoms with van der Waals surface area (Å²) in [6, 6.07) is 14.0. The number of hydrogen-bond acceptors (Lipinski definition) is 6. The highest BCUT2D eigenvalue weighted by Crippen LogP contribution is 2.19. The molecular weight excluding hydrogens is 300 g/mol. The van der Waals surface area contributed by atoms with Gasteiger partial charge >= 0.3 is 0 Å². The number of benzene rings is 1. The van der Waals surface area contributed by atoms with Gasteiger partial charge in [-0.05, 0) is 35.7 Å². The second-order valence-electron chi connectivity index (χ2n) is 5.74. The van der Waals surface area contributed by atoms with Crippen LogP contribution in [-0.4, -0.2) is 20.2 Å². The minimum atomic E-state index is 0.457. The maximum atomic E-state index is 4.42. The number of anilines is 3. The number of nitrogens with one attached hydrogen (secondary N) is 2. The van der Waals surface area contributed by atoms with E-state index < -0.39 is 0 Å². The van der Waals surface area contributed by atoms with Gasteiger partial charge in [0, 0.05) is 11.9 Å². The first-order chi connectivity index (χ1) is 11.7. The minimum Gasteiger partial charge on any atom is -0.363 e. The van der Waals surface area contributed by atoms with Gasteiger partial charge in [0.15, 0.2) is 5.82 Å². The zero-order valence-corrected chi connectivity index (χ0v) is 13.8. The molecule has 6 nitrogen and oxygen atoms in total. The summed E-state index contributed by atoms with van der Waals surface area (Å²) in [4.78, 5) is 8.68. The Labute approximate surface area is 141 Å². The number of nitrogens with zero attached hydrogens (tertiary/aromatic N) is 4. The van der Waals surface area contributed by atoms with Gasteiger partial charge in [-0.25, -0.2) is 0 Å². The van der Waals surface area contributed by atoms with E-state index in [1.54, 1.807) is 12.4 Å². The molecule has 0 bridgehead atoms. The molecule has 0 fully saturated rings. The highest BCUT2D eigenvalue weighted by atomic mass is 15.3. The van der Waals surface area contributed by atoms with Crippen LogP contribution in [0.25, 0.3) is 0 Å². The molecule has 2 heterocycles. The van der Waals surface area contributed by atoms with Crippen LogP contribution in [0.3, 0.4) is 0 Å². The average molecular weight is 320 g/mol. The number of pyridine rings is 1. The van der Waals surface area contributed by atoms with Crippen molar-refractivity contribution in [3.63, 3.8) is 0 Å². The summed E-state index contributed by atoms with van der Waals surface area (Å²) in [7, 11) is 0. The lowest BCUT2D eigenvalue weighted by Gasteiger charge is -2.09. The summed E-state index contributed by atoms with van der Waals surface area (Å²) in [5.74, 6) is 1.62. The van der Waals surface area contributed by atoms with E-state index in [2.05, 4.69) is 56.8 Å². The largest absolute Gasteiger partial charge is 0.363 e. The molecule has 0 unspecified atom stereocenters. The summed E-state index contributed by atoms with van der Waals surface area (Å²) >= 11 is 0. The first kappa shape index (κ1) is 15.9. The molecule has 6 heteroatoms. The Morgan fingerprint density at radius 2 is 1.88 bits per heavy atom. The molecule has 3 rings (SSSR count). The molecule has 0 aliphatic carbocycles. The van der Waals surface area contributed by atoms with Crippen molar-refractivity contribution in [3.8, 4) is 0 Å². The van der Waals surface area contributed by atoms with E-state index in [0.29, 0.717) is 24.2 Å². The molecule has 0 saturated carbocycles. The third kappa shape index (κ3) is 4.25. The third-order valence-corrected chi connectivity index (χ3v) is 3.57. The Morgan fingerprint density at radius 1 is 1.04 bits per heavy atom. The quantitative estimate of drug-likeness (QED) is 0.720. The molecule has 0 aliphatic rings. The van der Waals surface area contributed by atoms with Crippen LogP contribution in [0.5, 0.6) is 0 Å². The van der Waals surface area contributed by atoms with Crippen LogP contribution in [0, 0.1) is 0 Å². The zero-order chi connectivity index (χ0) is 16.8. The van der Waals surface area contributed by atoms with Crippen LogP contribution in [0.4, 0.5) is 17.5 Å².